The normalized spacial score (nSPS) is 20.0. The maximum atomic E-state index is 12.3. The molecule has 1 rings (SSSR count). The van der Waals surface area contributed by atoms with Crippen LogP contribution in [0.25, 0.3) is 0 Å². The van der Waals surface area contributed by atoms with Gasteiger partial charge in [-0.1, -0.05) is 27.7 Å². The van der Waals surface area contributed by atoms with Crippen molar-refractivity contribution in [2.75, 3.05) is 39.5 Å². The molecule has 1 aliphatic rings. The zero-order valence-electron chi connectivity index (χ0n) is 17.7. The molecule has 1 saturated heterocycles. The van der Waals surface area contributed by atoms with E-state index in [1.807, 2.05) is 0 Å². The van der Waals surface area contributed by atoms with E-state index < -0.39 is 18.2 Å². The fourth-order valence-corrected chi connectivity index (χ4v) is 3.04. The number of ether oxygens (including phenoxy) is 3. The molecular formula is C20H38N2O5. The van der Waals surface area contributed by atoms with Gasteiger partial charge >= 0.3 is 5.97 Å². The number of carbonyl (C=O) groups excluding carboxylic acids is 2. The standard InChI is InChI=1S/C20H38N2O5/c1-6-22(7-2)11-9-10-12-25-14-16(13-15(4)5)21-19(23)17-18(27-17)20(24)26-8-3/h15-18H,6-14H2,1-5H3,(H,21,23)/t16-,17-,18-/m0/s1. The molecule has 1 aliphatic heterocycles. The van der Waals surface area contributed by atoms with Gasteiger partial charge < -0.3 is 24.4 Å². The van der Waals surface area contributed by atoms with Gasteiger partial charge in [0.25, 0.3) is 5.91 Å². The molecule has 7 nitrogen and oxygen atoms in total. The van der Waals surface area contributed by atoms with Gasteiger partial charge in [0.2, 0.25) is 0 Å². The van der Waals surface area contributed by atoms with E-state index in [0.29, 0.717) is 19.1 Å². The molecule has 3 atom stereocenters. The average Bonchev–Trinajstić information content (AvgIpc) is 3.42. The number of esters is 1. The summed E-state index contributed by atoms with van der Waals surface area (Å²) in [5.41, 5.74) is 0. The first-order chi connectivity index (χ1) is 12.9. The highest BCUT2D eigenvalue weighted by Gasteiger charge is 2.51. The summed E-state index contributed by atoms with van der Waals surface area (Å²) in [6.45, 7) is 15.0. The number of rotatable bonds is 15. The molecule has 1 heterocycles. The van der Waals surface area contributed by atoms with Crippen molar-refractivity contribution in [1.82, 2.24) is 10.2 Å². The fraction of sp³-hybridized carbons (Fsp3) is 0.900. The topological polar surface area (TPSA) is 80.4 Å². The average molecular weight is 387 g/mol. The number of epoxide rings is 1. The first-order valence-corrected chi connectivity index (χ1v) is 10.3. The molecule has 0 saturated carbocycles. The Balaban J connectivity index is 2.28. The molecule has 1 N–H and O–H groups in total. The van der Waals surface area contributed by atoms with E-state index in [0.717, 1.165) is 38.9 Å². The lowest BCUT2D eigenvalue weighted by Crippen LogP contribution is -2.42. The van der Waals surface area contributed by atoms with Gasteiger partial charge in [-0.05, 0) is 51.7 Å². The lowest BCUT2D eigenvalue weighted by atomic mass is 10.0. The van der Waals surface area contributed by atoms with Crippen molar-refractivity contribution in [3.63, 3.8) is 0 Å². The van der Waals surface area contributed by atoms with E-state index in [4.69, 9.17) is 14.2 Å². The number of hydrogen-bond acceptors (Lipinski definition) is 6. The highest BCUT2D eigenvalue weighted by atomic mass is 16.6. The van der Waals surface area contributed by atoms with Gasteiger partial charge in [-0.2, -0.15) is 0 Å². The minimum absolute atomic E-state index is 0.0765. The lowest BCUT2D eigenvalue weighted by Gasteiger charge is -2.21. The SMILES string of the molecule is CCOC(=O)[C@H]1O[C@@H]1C(=O)N[C@H](COCCCCN(CC)CC)CC(C)C. The van der Waals surface area contributed by atoms with Crippen molar-refractivity contribution in [3.8, 4) is 0 Å². The quantitative estimate of drug-likeness (QED) is 0.263. The van der Waals surface area contributed by atoms with Crippen LogP contribution in [0.15, 0.2) is 0 Å². The zero-order valence-corrected chi connectivity index (χ0v) is 17.7. The van der Waals surface area contributed by atoms with Gasteiger partial charge in [0.05, 0.1) is 19.3 Å². The van der Waals surface area contributed by atoms with E-state index in [9.17, 15) is 9.59 Å². The minimum atomic E-state index is -0.759. The summed E-state index contributed by atoms with van der Waals surface area (Å²) in [6.07, 6.45) is 1.45. The van der Waals surface area contributed by atoms with Gasteiger partial charge in [0.15, 0.2) is 12.2 Å². The van der Waals surface area contributed by atoms with Gasteiger partial charge in [0.1, 0.15) is 0 Å². The van der Waals surface area contributed by atoms with Crippen LogP contribution in [0.4, 0.5) is 0 Å². The molecule has 0 radical (unpaired) electrons. The molecular weight excluding hydrogens is 348 g/mol. The van der Waals surface area contributed by atoms with Crippen LogP contribution in [-0.4, -0.2) is 74.5 Å². The van der Waals surface area contributed by atoms with Crippen LogP contribution in [0.2, 0.25) is 0 Å². The third-order valence-electron chi connectivity index (χ3n) is 4.60. The van der Waals surface area contributed by atoms with Crippen LogP contribution < -0.4 is 5.32 Å². The van der Waals surface area contributed by atoms with Gasteiger partial charge in [-0.15, -0.1) is 0 Å². The van der Waals surface area contributed by atoms with Crippen LogP contribution >= 0.6 is 0 Å². The Labute approximate surface area is 164 Å². The molecule has 0 aliphatic carbocycles. The van der Waals surface area contributed by atoms with Crippen molar-refractivity contribution in [2.45, 2.75) is 72.1 Å². The second kappa shape index (κ2) is 13.1. The minimum Gasteiger partial charge on any atom is -0.464 e. The molecule has 7 heteroatoms. The number of nitrogens with zero attached hydrogens (tertiary/aromatic N) is 1. The van der Waals surface area contributed by atoms with E-state index in [2.05, 4.69) is 37.9 Å². The summed E-state index contributed by atoms with van der Waals surface area (Å²) in [6, 6.07) is -0.0765. The van der Waals surface area contributed by atoms with Crippen LogP contribution in [-0.2, 0) is 23.8 Å². The van der Waals surface area contributed by atoms with Crippen molar-refractivity contribution in [2.24, 2.45) is 5.92 Å². The Morgan fingerprint density at radius 1 is 1.11 bits per heavy atom. The zero-order chi connectivity index (χ0) is 20.2. The smallest absolute Gasteiger partial charge is 0.338 e. The summed E-state index contributed by atoms with van der Waals surface area (Å²) in [4.78, 5) is 26.3. The number of amides is 1. The highest BCUT2D eigenvalue weighted by molar-refractivity contribution is 5.92. The van der Waals surface area contributed by atoms with Gasteiger partial charge in [-0.25, -0.2) is 4.79 Å². The molecule has 0 aromatic heterocycles. The molecule has 0 aromatic carbocycles. The number of carbonyl (C=O) groups is 2. The third-order valence-corrected chi connectivity index (χ3v) is 4.60. The molecule has 0 unspecified atom stereocenters. The Hall–Kier alpha value is -1.18. The fourth-order valence-electron chi connectivity index (χ4n) is 3.04. The van der Waals surface area contributed by atoms with Gasteiger partial charge in [-0.3, -0.25) is 4.79 Å². The Morgan fingerprint density at radius 2 is 1.81 bits per heavy atom. The molecule has 158 valence electrons. The molecule has 0 aromatic rings. The number of hydrogen-bond donors (Lipinski definition) is 1. The van der Waals surface area contributed by atoms with E-state index in [1.165, 1.54) is 0 Å². The largest absolute Gasteiger partial charge is 0.464 e. The van der Waals surface area contributed by atoms with Crippen molar-refractivity contribution >= 4 is 11.9 Å². The highest BCUT2D eigenvalue weighted by Crippen LogP contribution is 2.24. The third kappa shape index (κ3) is 9.53. The second-order valence-electron chi connectivity index (χ2n) is 7.37. The predicted molar refractivity (Wildman–Crippen MR) is 105 cm³/mol. The van der Waals surface area contributed by atoms with Crippen LogP contribution in [0, 0.1) is 5.92 Å². The first kappa shape index (κ1) is 23.9. The molecule has 0 bridgehead atoms. The first-order valence-electron chi connectivity index (χ1n) is 10.3. The predicted octanol–water partition coefficient (Wildman–Crippen LogP) is 1.99. The summed E-state index contributed by atoms with van der Waals surface area (Å²) in [7, 11) is 0. The molecule has 1 fully saturated rings. The molecule has 27 heavy (non-hydrogen) atoms. The molecule has 0 spiro atoms. The second-order valence-corrected chi connectivity index (χ2v) is 7.37. The maximum Gasteiger partial charge on any atom is 0.338 e. The van der Waals surface area contributed by atoms with Gasteiger partial charge in [0, 0.05) is 6.61 Å². The summed E-state index contributed by atoms with van der Waals surface area (Å²) in [5.74, 6) is -0.297. The number of unbranched alkanes of at least 4 members (excludes halogenated alkanes) is 1. The maximum absolute atomic E-state index is 12.3. The van der Waals surface area contributed by atoms with Crippen LogP contribution in [0.5, 0.6) is 0 Å². The van der Waals surface area contributed by atoms with Crippen molar-refractivity contribution in [1.29, 1.82) is 0 Å². The van der Waals surface area contributed by atoms with Crippen LogP contribution in [0.1, 0.15) is 53.9 Å². The monoisotopic (exact) mass is 386 g/mol. The Bertz CT molecular complexity index is 440. The van der Waals surface area contributed by atoms with Crippen molar-refractivity contribution < 1.29 is 23.8 Å². The number of nitrogens with one attached hydrogen (secondary N) is 1. The summed E-state index contributed by atoms with van der Waals surface area (Å²) < 4.78 is 15.8. The lowest BCUT2D eigenvalue weighted by molar-refractivity contribution is -0.144. The summed E-state index contributed by atoms with van der Waals surface area (Å²) >= 11 is 0. The summed E-state index contributed by atoms with van der Waals surface area (Å²) in [5, 5.41) is 2.96. The van der Waals surface area contributed by atoms with E-state index >= 15 is 0 Å². The van der Waals surface area contributed by atoms with Crippen LogP contribution in [0.3, 0.4) is 0 Å². The Kier molecular flexibility index (Phi) is 11.6. The molecule has 1 amide bonds. The van der Waals surface area contributed by atoms with E-state index in [-0.39, 0.29) is 18.6 Å². The Morgan fingerprint density at radius 3 is 2.41 bits per heavy atom. The van der Waals surface area contributed by atoms with Crippen molar-refractivity contribution in [3.05, 3.63) is 0 Å². The van der Waals surface area contributed by atoms with E-state index in [1.54, 1.807) is 6.92 Å².